The number of nitrogens with one attached hydrogen (secondary N) is 2. The van der Waals surface area contributed by atoms with Crippen LogP contribution in [0.25, 0.3) is 5.57 Å². The molecule has 0 aliphatic carbocycles. The average Bonchev–Trinajstić information content (AvgIpc) is 2.98. The van der Waals surface area contributed by atoms with Crippen LogP contribution in [0.1, 0.15) is 30.4 Å². The van der Waals surface area contributed by atoms with Gasteiger partial charge >= 0.3 is 6.18 Å². The van der Waals surface area contributed by atoms with E-state index in [1.165, 1.54) is 6.33 Å². The van der Waals surface area contributed by atoms with E-state index in [1.807, 2.05) is 24.9 Å². The number of nitrogens with zero attached hydrogens (tertiary/aromatic N) is 5. The molecular formula is C26H31ClF3N7O3. The summed E-state index contributed by atoms with van der Waals surface area (Å²) in [7, 11) is 2.00. The Morgan fingerprint density at radius 3 is 2.58 bits per heavy atom. The molecule has 0 saturated carbocycles. The van der Waals surface area contributed by atoms with Crippen LogP contribution in [0.2, 0.25) is 5.02 Å². The minimum Gasteiger partial charge on any atom is -0.377 e. The van der Waals surface area contributed by atoms with Crippen molar-refractivity contribution in [3.05, 3.63) is 63.1 Å². The number of carbonyl (C=O) groups is 1. The van der Waals surface area contributed by atoms with Crippen LogP contribution in [0.5, 0.6) is 0 Å². The maximum Gasteiger partial charge on any atom is 0.416 e. The number of aromatic amines is 1. The van der Waals surface area contributed by atoms with E-state index in [4.69, 9.17) is 16.3 Å². The van der Waals surface area contributed by atoms with Gasteiger partial charge in [-0.1, -0.05) is 24.6 Å². The largest absolute Gasteiger partial charge is 0.416 e. The highest BCUT2D eigenvalue weighted by Gasteiger charge is 2.31. The second kappa shape index (κ2) is 12.8. The fourth-order valence-electron chi connectivity index (χ4n) is 4.42. The molecule has 0 radical (unpaired) electrons. The Balaban J connectivity index is 1.78. The molecule has 0 atom stereocenters. The lowest BCUT2D eigenvalue weighted by atomic mass is 10.1. The maximum absolute atomic E-state index is 14.1. The smallest absolute Gasteiger partial charge is 0.377 e. The monoisotopic (exact) mass is 581 g/mol. The van der Waals surface area contributed by atoms with Gasteiger partial charge in [0.1, 0.15) is 24.4 Å². The van der Waals surface area contributed by atoms with Crippen LogP contribution in [0.4, 0.5) is 24.5 Å². The first-order valence-corrected chi connectivity index (χ1v) is 13.2. The van der Waals surface area contributed by atoms with Crippen molar-refractivity contribution in [3.8, 4) is 0 Å². The van der Waals surface area contributed by atoms with Crippen LogP contribution in [-0.2, 0) is 28.7 Å². The minimum absolute atomic E-state index is 0.00942. The first-order chi connectivity index (χ1) is 19.1. The lowest BCUT2D eigenvalue weighted by Crippen LogP contribution is -2.47. The highest BCUT2D eigenvalue weighted by Crippen LogP contribution is 2.33. The number of anilines is 2. The molecule has 2 aliphatic rings. The van der Waals surface area contributed by atoms with Crippen LogP contribution in [0.3, 0.4) is 0 Å². The van der Waals surface area contributed by atoms with Gasteiger partial charge in [-0.15, -0.1) is 0 Å². The van der Waals surface area contributed by atoms with E-state index in [1.54, 1.807) is 0 Å². The second-order valence-corrected chi connectivity index (χ2v) is 9.87. The zero-order valence-electron chi connectivity index (χ0n) is 22.2. The molecule has 14 heteroatoms. The minimum atomic E-state index is -4.58. The number of H-pyrrole nitrogens is 1. The van der Waals surface area contributed by atoms with Gasteiger partial charge in [0.15, 0.2) is 0 Å². The van der Waals surface area contributed by atoms with Crippen molar-refractivity contribution >= 4 is 34.5 Å². The predicted molar refractivity (Wildman–Crippen MR) is 146 cm³/mol. The molecule has 2 aromatic rings. The number of alkyl halides is 3. The molecule has 4 rings (SSSR count). The van der Waals surface area contributed by atoms with Crippen molar-refractivity contribution < 1.29 is 22.7 Å². The summed E-state index contributed by atoms with van der Waals surface area (Å²) in [6.45, 7) is 4.92. The van der Waals surface area contributed by atoms with Crippen LogP contribution < -0.4 is 15.8 Å². The van der Waals surface area contributed by atoms with Crippen LogP contribution in [0.15, 0.2) is 35.4 Å². The van der Waals surface area contributed by atoms with E-state index in [0.717, 1.165) is 41.5 Å². The molecule has 1 amide bonds. The fourth-order valence-corrected chi connectivity index (χ4v) is 4.64. The third-order valence-electron chi connectivity index (χ3n) is 6.66. The number of aromatic nitrogens is 4. The van der Waals surface area contributed by atoms with Crippen molar-refractivity contribution in [2.75, 3.05) is 56.7 Å². The molecule has 0 spiro atoms. The van der Waals surface area contributed by atoms with Gasteiger partial charge in [-0.25, -0.2) is 14.6 Å². The van der Waals surface area contributed by atoms with Crippen molar-refractivity contribution in [2.45, 2.75) is 32.5 Å². The number of piperazine rings is 1. The number of amides is 1. The van der Waals surface area contributed by atoms with Gasteiger partial charge in [-0.2, -0.15) is 13.2 Å². The Kier molecular flexibility index (Phi) is 9.48. The second-order valence-electron chi connectivity index (χ2n) is 9.46. The highest BCUT2D eigenvalue weighted by atomic mass is 35.5. The highest BCUT2D eigenvalue weighted by molar-refractivity contribution is 6.33. The molecule has 1 aromatic carbocycles. The number of hydrogen-bond donors (Lipinski definition) is 2. The molecule has 3 heterocycles. The van der Waals surface area contributed by atoms with Crippen molar-refractivity contribution in [2.24, 2.45) is 0 Å². The maximum atomic E-state index is 14.1. The Morgan fingerprint density at radius 2 is 1.95 bits per heavy atom. The Morgan fingerprint density at radius 1 is 1.20 bits per heavy atom. The summed E-state index contributed by atoms with van der Waals surface area (Å²) < 4.78 is 45.7. The van der Waals surface area contributed by atoms with E-state index in [0.29, 0.717) is 56.4 Å². The molecule has 2 aliphatic heterocycles. The summed E-state index contributed by atoms with van der Waals surface area (Å²) >= 11 is 6.04. The average molecular weight is 582 g/mol. The van der Waals surface area contributed by atoms with Gasteiger partial charge < -0.3 is 19.9 Å². The van der Waals surface area contributed by atoms with E-state index in [-0.39, 0.29) is 10.7 Å². The molecule has 2 N–H and O–H groups in total. The van der Waals surface area contributed by atoms with E-state index in [2.05, 4.69) is 25.3 Å². The molecule has 10 nitrogen and oxygen atoms in total. The molecule has 1 saturated heterocycles. The zero-order chi connectivity index (χ0) is 28.9. The van der Waals surface area contributed by atoms with Crippen LogP contribution in [-0.4, -0.2) is 77.0 Å². The number of benzene rings is 1. The van der Waals surface area contributed by atoms with Crippen LogP contribution in [0, 0.1) is 0 Å². The van der Waals surface area contributed by atoms with E-state index in [9.17, 15) is 22.8 Å². The van der Waals surface area contributed by atoms with Crippen molar-refractivity contribution in [1.82, 2.24) is 24.6 Å². The summed E-state index contributed by atoms with van der Waals surface area (Å²) in [4.78, 5) is 40.3. The first-order valence-electron chi connectivity index (χ1n) is 12.9. The SMILES string of the molecule is CCc1ncnc(C2=CCOCC2)[nH]n(CC(=O)Nc2ccc(C(F)(F)F)cc2Cl)c(=O)c1N1CCN(C)CC1. The van der Waals surface area contributed by atoms with Crippen LogP contribution >= 0.6 is 11.6 Å². The molecule has 1 aromatic heterocycles. The van der Waals surface area contributed by atoms with E-state index >= 15 is 0 Å². The first kappa shape index (κ1) is 29.6. The lowest BCUT2D eigenvalue weighted by molar-refractivity contribution is -0.137. The molecular weight excluding hydrogens is 551 g/mol. The van der Waals surface area contributed by atoms with Gasteiger partial charge in [-0.3, -0.25) is 14.7 Å². The number of halogens is 4. The molecule has 0 unspecified atom stereocenters. The van der Waals surface area contributed by atoms with E-state index < -0.39 is 29.8 Å². The van der Waals surface area contributed by atoms with Gasteiger partial charge in [0.25, 0.3) is 5.56 Å². The third kappa shape index (κ3) is 7.20. The molecule has 216 valence electrons. The van der Waals surface area contributed by atoms with Gasteiger partial charge in [0.2, 0.25) is 5.91 Å². The van der Waals surface area contributed by atoms with Crippen molar-refractivity contribution in [3.63, 3.8) is 0 Å². The summed E-state index contributed by atoms with van der Waals surface area (Å²) in [6.07, 6.45) is -0.361. The number of carbonyl (C=O) groups excluding carboxylic acids is 1. The molecule has 0 bridgehead atoms. The topological polar surface area (TPSA) is 108 Å². The quantitative estimate of drug-likeness (QED) is 0.537. The number of aryl methyl sites for hydroxylation is 1. The Labute approximate surface area is 234 Å². The predicted octanol–water partition coefficient (Wildman–Crippen LogP) is 3.52. The summed E-state index contributed by atoms with van der Waals surface area (Å²) in [6, 6.07) is 2.64. The van der Waals surface area contributed by atoms with Gasteiger partial charge in [0.05, 0.1) is 35.2 Å². The van der Waals surface area contributed by atoms with Gasteiger partial charge in [0, 0.05) is 26.2 Å². The standard InChI is InChI=1S/C26H31ClF3N7O3/c1-3-20-23(36-10-8-35(2)9-11-36)25(39)37(34-24(32-16-31-20)17-6-12-40-13-7-17)15-22(38)33-21-5-4-18(14-19(21)27)26(28,29)30/h4-6,14,16H,3,7-13,15H2,1-2H3,(H,33,38)(H,31,32,34). The Bertz CT molecular complexity index is 1380. The van der Waals surface area contributed by atoms with Gasteiger partial charge in [-0.05, 0) is 43.7 Å². The summed E-state index contributed by atoms with van der Waals surface area (Å²) in [5.41, 5.74) is 0.254. The number of likely N-dealkylation sites (N-methyl/N-ethyl adjacent to an activating group) is 1. The summed E-state index contributed by atoms with van der Waals surface area (Å²) in [5, 5.41) is 5.24. The fraction of sp³-hybridized carbons (Fsp3) is 0.462. The lowest BCUT2D eigenvalue weighted by Gasteiger charge is -2.34. The van der Waals surface area contributed by atoms with Crippen molar-refractivity contribution in [1.29, 1.82) is 0 Å². The number of rotatable bonds is 6. The zero-order valence-corrected chi connectivity index (χ0v) is 23.0. The molecule has 40 heavy (non-hydrogen) atoms. The number of ether oxygens (including phenoxy) is 1. The third-order valence-corrected chi connectivity index (χ3v) is 6.97. The summed E-state index contributed by atoms with van der Waals surface area (Å²) in [5.74, 6) is -0.324. The Hall–Kier alpha value is -3.42. The normalized spacial score (nSPS) is 16.4. The molecule has 1 fully saturated rings. The number of hydrogen-bond acceptors (Lipinski definition) is 7.